The van der Waals surface area contributed by atoms with Crippen molar-refractivity contribution in [2.75, 3.05) is 0 Å². The molecule has 2 aromatic rings. The number of ether oxygens (including phenoxy) is 2. The summed E-state index contributed by atoms with van der Waals surface area (Å²) in [6, 6.07) is 15.5. The van der Waals surface area contributed by atoms with Crippen LogP contribution in [0.15, 0.2) is 54.7 Å². The summed E-state index contributed by atoms with van der Waals surface area (Å²) in [4.78, 5) is 4.07. The van der Waals surface area contributed by atoms with Crippen LogP contribution < -0.4 is 4.74 Å². The van der Waals surface area contributed by atoms with E-state index in [1.807, 2.05) is 55.5 Å². The molecule has 0 bridgehead atoms. The molecule has 0 amide bonds. The second-order valence-electron chi connectivity index (χ2n) is 3.65. The zero-order valence-corrected chi connectivity index (χ0v) is 9.74. The molecule has 17 heavy (non-hydrogen) atoms. The molecule has 2 rings (SSSR count). The van der Waals surface area contributed by atoms with E-state index in [0.717, 1.165) is 5.56 Å². The van der Waals surface area contributed by atoms with Gasteiger partial charge in [-0.05, 0) is 18.6 Å². The number of aromatic nitrogens is 1. The summed E-state index contributed by atoms with van der Waals surface area (Å²) in [6.07, 6.45) is 1.38. The summed E-state index contributed by atoms with van der Waals surface area (Å²) in [5.41, 5.74) is 1.13. The lowest BCUT2D eigenvalue weighted by atomic mass is 10.2. The van der Waals surface area contributed by atoms with Gasteiger partial charge in [-0.2, -0.15) is 0 Å². The van der Waals surface area contributed by atoms with Crippen molar-refractivity contribution in [1.82, 2.24) is 4.98 Å². The predicted molar refractivity (Wildman–Crippen MR) is 65.6 cm³/mol. The van der Waals surface area contributed by atoms with Crippen molar-refractivity contribution in [3.05, 3.63) is 60.3 Å². The highest BCUT2D eigenvalue weighted by Crippen LogP contribution is 2.09. The predicted octanol–water partition coefficient (Wildman–Crippen LogP) is 3.02. The Kier molecular flexibility index (Phi) is 4.11. The zero-order chi connectivity index (χ0) is 11.9. The first-order valence-electron chi connectivity index (χ1n) is 5.58. The van der Waals surface area contributed by atoms with Gasteiger partial charge in [0, 0.05) is 12.3 Å². The van der Waals surface area contributed by atoms with Gasteiger partial charge in [0.2, 0.25) is 5.88 Å². The third-order valence-corrected chi connectivity index (χ3v) is 2.25. The molecule has 0 saturated carbocycles. The first-order chi connectivity index (χ1) is 8.34. The van der Waals surface area contributed by atoms with Crippen LogP contribution in [0.1, 0.15) is 12.5 Å². The molecule has 0 N–H and O–H groups in total. The van der Waals surface area contributed by atoms with E-state index in [2.05, 4.69) is 4.98 Å². The molecule has 0 aliphatic rings. The van der Waals surface area contributed by atoms with E-state index in [4.69, 9.17) is 9.47 Å². The summed E-state index contributed by atoms with van der Waals surface area (Å²) in [5.74, 6) is 0.577. The molecule has 0 spiro atoms. The topological polar surface area (TPSA) is 31.4 Å². The van der Waals surface area contributed by atoms with Gasteiger partial charge in [-0.3, -0.25) is 0 Å². The average molecular weight is 229 g/mol. The Balaban J connectivity index is 1.80. The number of nitrogens with zero attached hydrogens (tertiary/aromatic N) is 1. The number of pyridine rings is 1. The molecule has 1 unspecified atom stereocenters. The molecule has 88 valence electrons. The van der Waals surface area contributed by atoms with E-state index in [9.17, 15) is 0 Å². The van der Waals surface area contributed by atoms with Crippen LogP contribution in [0.5, 0.6) is 5.88 Å². The molecule has 0 radical (unpaired) electrons. The van der Waals surface area contributed by atoms with Crippen molar-refractivity contribution in [3.63, 3.8) is 0 Å². The Hall–Kier alpha value is -1.87. The van der Waals surface area contributed by atoms with Crippen molar-refractivity contribution in [1.29, 1.82) is 0 Å². The second kappa shape index (κ2) is 6.01. The van der Waals surface area contributed by atoms with E-state index in [1.54, 1.807) is 6.20 Å². The van der Waals surface area contributed by atoms with E-state index < -0.39 is 0 Å². The highest BCUT2D eigenvalue weighted by Gasteiger charge is 2.04. The summed E-state index contributed by atoms with van der Waals surface area (Å²) < 4.78 is 11.1. The van der Waals surface area contributed by atoms with Crippen molar-refractivity contribution >= 4 is 0 Å². The highest BCUT2D eigenvalue weighted by atomic mass is 16.7. The molecule has 1 heterocycles. The molecular weight excluding hydrogens is 214 g/mol. The van der Waals surface area contributed by atoms with Crippen LogP contribution in [0.4, 0.5) is 0 Å². The minimum Gasteiger partial charge on any atom is -0.448 e. The van der Waals surface area contributed by atoms with Crippen molar-refractivity contribution in [2.24, 2.45) is 0 Å². The number of hydrogen-bond acceptors (Lipinski definition) is 3. The normalized spacial score (nSPS) is 12.1. The number of rotatable bonds is 5. The first kappa shape index (κ1) is 11.6. The van der Waals surface area contributed by atoms with Gasteiger partial charge in [-0.1, -0.05) is 36.4 Å². The van der Waals surface area contributed by atoms with Crippen LogP contribution >= 0.6 is 0 Å². The molecule has 0 saturated heterocycles. The molecule has 1 aromatic heterocycles. The third-order valence-electron chi connectivity index (χ3n) is 2.25. The smallest absolute Gasteiger partial charge is 0.215 e. The quantitative estimate of drug-likeness (QED) is 0.738. The Morgan fingerprint density at radius 3 is 2.53 bits per heavy atom. The fourth-order valence-corrected chi connectivity index (χ4v) is 1.41. The Morgan fingerprint density at radius 2 is 1.82 bits per heavy atom. The number of benzene rings is 1. The van der Waals surface area contributed by atoms with E-state index in [-0.39, 0.29) is 6.29 Å². The molecule has 1 atom stereocenters. The Labute approximate surface area is 101 Å². The minimum atomic E-state index is -0.315. The van der Waals surface area contributed by atoms with Gasteiger partial charge in [0.15, 0.2) is 6.29 Å². The lowest BCUT2D eigenvalue weighted by Crippen LogP contribution is -2.16. The maximum absolute atomic E-state index is 5.57. The second-order valence-corrected chi connectivity index (χ2v) is 3.65. The maximum atomic E-state index is 5.57. The van der Waals surface area contributed by atoms with E-state index in [1.165, 1.54) is 0 Å². The van der Waals surface area contributed by atoms with Crippen LogP contribution in [-0.4, -0.2) is 11.3 Å². The zero-order valence-electron chi connectivity index (χ0n) is 9.74. The molecule has 3 heteroatoms. The minimum absolute atomic E-state index is 0.315. The van der Waals surface area contributed by atoms with E-state index in [0.29, 0.717) is 12.5 Å². The van der Waals surface area contributed by atoms with Crippen LogP contribution in [0, 0.1) is 0 Å². The number of hydrogen-bond donors (Lipinski definition) is 0. The van der Waals surface area contributed by atoms with E-state index >= 15 is 0 Å². The largest absolute Gasteiger partial charge is 0.448 e. The summed E-state index contributed by atoms with van der Waals surface area (Å²) in [6.45, 7) is 2.40. The first-order valence-corrected chi connectivity index (χ1v) is 5.58. The molecule has 0 aliphatic heterocycles. The fraction of sp³-hybridized carbons (Fsp3) is 0.214. The Bertz CT molecular complexity index is 430. The van der Waals surface area contributed by atoms with Crippen molar-refractivity contribution in [2.45, 2.75) is 19.8 Å². The molecular formula is C14H15NO2. The summed E-state index contributed by atoms with van der Waals surface area (Å²) in [7, 11) is 0. The maximum Gasteiger partial charge on any atom is 0.215 e. The van der Waals surface area contributed by atoms with Gasteiger partial charge in [0.05, 0.1) is 6.61 Å². The lowest BCUT2D eigenvalue weighted by molar-refractivity contribution is -0.0780. The van der Waals surface area contributed by atoms with Crippen LogP contribution in [0.2, 0.25) is 0 Å². The van der Waals surface area contributed by atoms with Gasteiger partial charge in [-0.15, -0.1) is 0 Å². The average Bonchev–Trinajstić information content (AvgIpc) is 2.39. The van der Waals surface area contributed by atoms with Gasteiger partial charge in [0.1, 0.15) is 0 Å². The summed E-state index contributed by atoms with van der Waals surface area (Å²) >= 11 is 0. The third kappa shape index (κ3) is 3.89. The molecule has 0 aliphatic carbocycles. The van der Waals surface area contributed by atoms with Crippen LogP contribution in [-0.2, 0) is 11.3 Å². The highest BCUT2D eigenvalue weighted by molar-refractivity contribution is 5.13. The molecule has 3 nitrogen and oxygen atoms in total. The van der Waals surface area contributed by atoms with Gasteiger partial charge in [-0.25, -0.2) is 4.98 Å². The van der Waals surface area contributed by atoms with Crippen molar-refractivity contribution in [3.8, 4) is 5.88 Å². The molecule has 0 fully saturated rings. The van der Waals surface area contributed by atoms with Crippen LogP contribution in [0.3, 0.4) is 0 Å². The van der Waals surface area contributed by atoms with Crippen molar-refractivity contribution < 1.29 is 9.47 Å². The molecule has 1 aromatic carbocycles. The SMILES string of the molecule is CC(OCc1ccccc1)Oc1ccccn1. The Morgan fingerprint density at radius 1 is 1.06 bits per heavy atom. The van der Waals surface area contributed by atoms with Gasteiger partial charge < -0.3 is 9.47 Å². The van der Waals surface area contributed by atoms with Gasteiger partial charge in [0.25, 0.3) is 0 Å². The standard InChI is InChI=1S/C14H15NO2/c1-12(17-14-9-5-6-10-15-14)16-11-13-7-3-2-4-8-13/h2-10,12H,11H2,1H3. The fourth-order valence-electron chi connectivity index (χ4n) is 1.41. The monoisotopic (exact) mass is 229 g/mol. The lowest BCUT2D eigenvalue weighted by Gasteiger charge is -2.14. The summed E-state index contributed by atoms with van der Waals surface area (Å²) in [5, 5.41) is 0. The van der Waals surface area contributed by atoms with Gasteiger partial charge >= 0.3 is 0 Å². The van der Waals surface area contributed by atoms with Crippen LogP contribution in [0.25, 0.3) is 0 Å².